The van der Waals surface area contributed by atoms with Gasteiger partial charge >= 0.3 is 5.97 Å². The lowest BCUT2D eigenvalue weighted by atomic mass is 10.2. The lowest BCUT2D eigenvalue weighted by molar-refractivity contribution is 0.0696. The zero-order chi connectivity index (χ0) is 15.2. The van der Waals surface area contributed by atoms with Crippen LogP contribution in [0.4, 0.5) is 10.1 Å². The van der Waals surface area contributed by atoms with E-state index in [4.69, 9.17) is 15.6 Å². The minimum atomic E-state index is -0.995. The number of anilines is 1. The summed E-state index contributed by atoms with van der Waals surface area (Å²) in [5.41, 5.74) is 6.12. The van der Waals surface area contributed by atoms with E-state index in [0.717, 1.165) is 4.90 Å². The van der Waals surface area contributed by atoms with Crippen LogP contribution in [0.25, 0.3) is 0 Å². The first-order chi connectivity index (χ1) is 10.0. The summed E-state index contributed by atoms with van der Waals surface area (Å²) in [4.78, 5) is 11.6. The van der Waals surface area contributed by atoms with Crippen molar-refractivity contribution >= 4 is 23.4 Å². The molecule has 0 heterocycles. The van der Waals surface area contributed by atoms with E-state index in [1.165, 1.54) is 36.0 Å². The summed E-state index contributed by atoms with van der Waals surface area (Å²) in [6, 6.07) is 10.6. The van der Waals surface area contributed by atoms with Gasteiger partial charge in [0, 0.05) is 16.3 Å². The number of rotatable bonds is 6. The van der Waals surface area contributed by atoms with Crippen LogP contribution in [0, 0.1) is 5.82 Å². The van der Waals surface area contributed by atoms with Crippen molar-refractivity contribution in [1.82, 2.24) is 0 Å². The third kappa shape index (κ3) is 4.68. The highest BCUT2D eigenvalue weighted by Crippen LogP contribution is 2.22. The molecule has 0 aromatic heterocycles. The standard InChI is InChI=1S/C15H14FNO3S/c16-11-7-12(17)9-14(8-11)21-5-4-20-13-3-1-2-10(6-13)15(18)19/h1-3,6-9H,4-5,17H2,(H,18,19). The maximum Gasteiger partial charge on any atom is 0.335 e. The molecule has 0 aliphatic heterocycles. The van der Waals surface area contributed by atoms with E-state index in [0.29, 0.717) is 23.8 Å². The fraction of sp³-hybridized carbons (Fsp3) is 0.133. The Kier molecular flexibility index (Phi) is 5.05. The number of nitrogens with two attached hydrogens (primary N) is 1. The highest BCUT2D eigenvalue weighted by atomic mass is 32.2. The molecule has 110 valence electrons. The van der Waals surface area contributed by atoms with Crippen LogP contribution < -0.4 is 10.5 Å². The van der Waals surface area contributed by atoms with E-state index in [9.17, 15) is 9.18 Å². The first-order valence-corrected chi connectivity index (χ1v) is 7.18. The summed E-state index contributed by atoms with van der Waals surface area (Å²) in [6.07, 6.45) is 0. The lowest BCUT2D eigenvalue weighted by Crippen LogP contribution is -2.02. The number of carboxylic acid groups (broad SMARTS) is 1. The number of hydrogen-bond acceptors (Lipinski definition) is 4. The largest absolute Gasteiger partial charge is 0.493 e. The Morgan fingerprint density at radius 3 is 2.81 bits per heavy atom. The third-order valence-corrected chi connectivity index (χ3v) is 3.54. The summed E-state index contributed by atoms with van der Waals surface area (Å²) in [6.45, 7) is 0.379. The summed E-state index contributed by atoms with van der Waals surface area (Å²) in [7, 11) is 0. The van der Waals surface area contributed by atoms with Crippen LogP contribution in [0.2, 0.25) is 0 Å². The average Bonchev–Trinajstić information content (AvgIpc) is 2.43. The monoisotopic (exact) mass is 307 g/mol. The van der Waals surface area contributed by atoms with E-state index in [-0.39, 0.29) is 11.4 Å². The fourth-order valence-corrected chi connectivity index (χ4v) is 2.52. The molecule has 6 heteroatoms. The lowest BCUT2D eigenvalue weighted by Gasteiger charge is -2.07. The molecule has 0 radical (unpaired) electrons. The minimum absolute atomic E-state index is 0.179. The van der Waals surface area contributed by atoms with Gasteiger partial charge in [0.25, 0.3) is 0 Å². The maximum absolute atomic E-state index is 13.1. The molecular formula is C15H14FNO3S. The number of nitrogen functional groups attached to an aromatic ring is 1. The molecule has 0 unspecified atom stereocenters. The smallest absolute Gasteiger partial charge is 0.335 e. The van der Waals surface area contributed by atoms with Gasteiger partial charge in [-0.2, -0.15) is 0 Å². The van der Waals surface area contributed by atoms with E-state index < -0.39 is 5.97 Å². The zero-order valence-corrected chi connectivity index (χ0v) is 11.9. The second kappa shape index (κ2) is 6.99. The zero-order valence-electron chi connectivity index (χ0n) is 11.1. The van der Waals surface area contributed by atoms with Gasteiger partial charge in [0.05, 0.1) is 12.2 Å². The van der Waals surface area contributed by atoms with Crippen LogP contribution >= 0.6 is 11.8 Å². The number of thioether (sulfide) groups is 1. The molecule has 4 nitrogen and oxygen atoms in total. The number of carbonyl (C=O) groups is 1. The van der Waals surface area contributed by atoms with Gasteiger partial charge in [-0.3, -0.25) is 0 Å². The van der Waals surface area contributed by atoms with Crippen LogP contribution in [0.3, 0.4) is 0 Å². The average molecular weight is 307 g/mol. The second-order valence-electron chi connectivity index (χ2n) is 4.25. The van der Waals surface area contributed by atoms with Crippen molar-refractivity contribution in [2.75, 3.05) is 18.1 Å². The molecule has 0 amide bonds. The number of halogens is 1. The van der Waals surface area contributed by atoms with Crippen molar-refractivity contribution in [3.05, 3.63) is 53.8 Å². The van der Waals surface area contributed by atoms with Crippen molar-refractivity contribution in [1.29, 1.82) is 0 Å². The molecule has 0 aliphatic rings. The van der Waals surface area contributed by atoms with Crippen LogP contribution in [-0.2, 0) is 0 Å². The molecular weight excluding hydrogens is 293 g/mol. The number of hydrogen-bond donors (Lipinski definition) is 2. The fourth-order valence-electron chi connectivity index (χ4n) is 1.71. The first kappa shape index (κ1) is 15.2. The predicted octanol–water partition coefficient (Wildman–Crippen LogP) is 3.28. The number of aromatic carboxylic acids is 1. The molecule has 0 atom stereocenters. The Hall–Kier alpha value is -2.21. The van der Waals surface area contributed by atoms with Crippen LogP contribution in [0.1, 0.15) is 10.4 Å². The summed E-state index contributed by atoms with van der Waals surface area (Å²) >= 11 is 1.42. The Morgan fingerprint density at radius 1 is 1.29 bits per heavy atom. The minimum Gasteiger partial charge on any atom is -0.493 e. The molecule has 3 N–H and O–H groups in total. The summed E-state index contributed by atoms with van der Waals surface area (Å²) in [5, 5.41) is 8.87. The highest BCUT2D eigenvalue weighted by Gasteiger charge is 2.04. The van der Waals surface area contributed by atoms with Gasteiger partial charge in [0.15, 0.2) is 0 Å². The van der Waals surface area contributed by atoms with E-state index in [1.807, 2.05) is 0 Å². The Bertz CT molecular complexity index is 628. The van der Waals surface area contributed by atoms with Crippen molar-refractivity contribution < 1.29 is 19.0 Å². The SMILES string of the molecule is Nc1cc(F)cc(SCCOc2cccc(C(=O)O)c2)c1. The van der Waals surface area contributed by atoms with Gasteiger partial charge < -0.3 is 15.6 Å². The van der Waals surface area contributed by atoms with E-state index in [2.05, 4.69) is 0 Å². The van der Waals surface area contributed by atoms with Crippen LogP contribution in [-0.4, -0.2) is 23.4 Å². The van der Waals surface area contributed by atoms with Crippen molar-refractivity contribution in [2.24, 2.45) is 0 Å². The molecule has 21 heavy (non-hydrogen) atoms. The van der Waals surface area contributed by atoms with Gasteiger partial charge in [0.2, 0.25) is 0 Å². The molecule has 2 aromatic rings. The second-order valence-corrected chi connectivity index (χ2v) is 5.42. The first-order valence-electron chi connectivity index (χ1n) is 6.19. The van der Waals surface area contributed by atoms with Crippen molar-refractivity contribution in [3.63, 3.8) is 0 Å². The van der Waals surface area contributed by atoms with E-state index >= 15 is 0 Å². The Labute approximate surface area is 125 Å². The molecule has 0 saturated carbocycles. The predicted molar refractivity (Wildman–Crippen MR) is 80.4 cm³/mol. The van der Waals surface area contributed by atoms with Gasteiger partial charge in [0.1, 0.15) is 11.6 Å². The summed E-state index contributed by atoms with van der Waals surface area (Å²) < 4.78 is 18.6. The van der Waals surface area contributed by atoms with Crippen LogP contribution in [0.5, 0.6) is 5.75 Å². The molecule has 0 spiro atoms. The normalized spacial score (nSPS) is 10.3. The van der Waals surface area contributed by atoms with Crippen molar-refractivity contribution in [3.8, 4) is 5.75 Å². The molecule has 0 aliphatic carbocycles. The molecule has 2 aromatic carbocycles. The molecule has 0 saturated heterocycles. The number of carboxylic acids is 1. The van der Waals surface area contributed by atoms with Gasteiger partial charge in [-0.15, -0.1) is 11.8 Å². The number of benzene rings is 2. The Morgan fingerprint density at radius 2 is 2.10 bits per heavy atom. The van der Waals surface area contributed by atoms with E-state index in [1.54, 1.807) is 18.2 Å². The molecule has 0 bridgehead atoms. The third-order valence-electron chi connectivity index (χ3n) is 2.60. The van der Waals surface area contributed by atoms with Crippen LogP contribution in [0.15, 0.2) is 47.4 Å². The van der Waals surface area contributed by atoms with Gasteiger partial charge in [-0.1, -0.05) is 6.07 Å². The van der Waals surface area contributed by atoms with Gasteiger partial charge in [-0.05, 0) is 36.4 Å². The Balaban J connectivity index is 1.84. The number of ether oxygens (including phenoxy) is 1. The molecule has 0 fully saturated rings. The van der Waals surface area contributed by atoms with Gasteiger partial charge in [-0.25, -0.2) is 9.18 Å². The quantitative estimate of drug-likeness (QED) is 0.487. The highest BCUT2D eigenvalue weighted by molar-refractivity contribution is 7.99. The maximum atomic E-state index is 13.1. The van der Waals surface area contributed by atoms with Crippen molar-refractivity contribution in [2.45, 2.75) is 4.90 Å². The summed E-state index contributed by atoms with van der Waals surface area (Å²) in [5.74, 6) is -0.271. The molecule has 2 rings (SSSR count). The topological polar surface area (TPSA) is 72.5 Å².